The van der Waals surface area contributed by atoms with Crippen molar-refractivity contribution >= 4 is 34.6 Å². The third-order valence-corrected chi connectivity index (χ3v) is 8.22. The van der Waals surface area contributed by atoms with Gasteiger partial charge in [0.1, 0.15) is 25.8 Å². The van der Waals surface area contributed by atoms with Gasteiger partial charge in [-0.25, -0.2) is 14.2 Å². The molecule has 1 aliphatic carbocycles. The van der Waals surface area contributed by atoms with Crippen LogP contribution in [0.2, 0.25) is 0 Å². The Morgan fingerprint density at radius 1 is 1.16 bits per heavy atom. The van der Waals surface area contributed by atoms with E-state index in [4.69, 9.17) is 20.2 Å². The summed E-state index contributed by atoms with van der Waals surface area (Å²) in [5, 5.41) is 18.9. The van der Waals surface area contributed by atoms with E-state index in [0.717, 1.165) is 5.56 Å². The minimum atomic E-state index is -1.62. The lowest BCUT2D eigenvalue weighted by molar-refractivity contribution is -0.157. The van der Waals surface area contributed by atoms with E-state index in [1.807, 2.05) is 0 Å². The summed E-state index contributed by atoms with van der Waals surface area (Å²) in [6.45, 7) is 0.357. The van der Waals surface area contributed by atoms with E-state index in [9.17, 15) is 29.1 Å². The molecule has 0 saturated carbocycles. The van der Waals surface area contributed by atoms with E-state index >= 15 is 4.39 Å². The van der Waals surface area contributed by atoms with Crippen molar-refractivity contribution in [2.24, 2.45) is 5.73 Å². The molecule has 14 nitrogen and oxygen atoms in total. The predicted molar refractivity (Wildman–Crippen MR) is 150 cm³/mol. The topological polar surface area (TPSA) is 204 Å². The van der Waals surface area contributed by atoms with Gasteiger partial charge in [0.05, 0.1) is 48.1 Å². The van der Waals surface area contributed by atoms with Crippen LogP contribution in [0.25, 0.3) is 22.3 Å². The Morgan fingerprint density at radius 3 is 2.73 bits per heavy atom. The molecule has 3 amide bonds. The number of fused-ring (bicyclic) bond motifs is 5. The molecule has 0 fully saturated rings. The standard InChI is InChI=1S/C29H29FN6O8/c1-12-13-2-3-18(34-23(39)10-43-11-33-22(38)7-32-21(37)6-31)25-15-8-36-20(26(15)35-19(24(13)25)5-17(12)30)4-14-16(28(36)41)9-44-29(42)27(14)40/h4-5,18,27,40H,2-3,6-11,31H2,1H3,(H,32,37)(H,33,38)(H,34,39)/t18-,27-/m0/s1. The van der Waals surface area contributed by atoms with Gasteiger partial charge in [-0.15, -0.1) is 0 Å². The van der Waals surface area contributed by atoms with Gasteiger partial charge in [-0.2, -0.15) is 0 Å². The summed E-state index contributed by atoms with van der Waals surface area (Å²) in [6.07, 6.45) is -0.709. The van der Waals surface area contributed by atoms with Gasteiger partial charge in [0, 0.05) is 22.6 Å². The summed E-state index contributed by atoms with van der Waals surface area (Å²) in [5.74, 6) is -2.76. The minimum Gasteiger partial charge on any atom is -0.458 e. The highest BCUT2D eigenvalue weighted by Crippen LogP contribution is 2.45. The first-order valence-electron chi connectivity index (χ1n) is 14.0. The number of nitrogens with zero attached hydrogens (tertiary/aromatic N) is 2. The molecule has 2 aromatic heterocycles. The number of aromatic nitrogens is 2. The lowest BCUT2D eigenvalue weighted by atomic mass is 9.81. The molecule has 230 valence electrons. The summed E-state index contributed by atoms with van der Waals surface area (Å²) in [4.78, 5) is 66.2. The van der Waals surface area contributed by atoms with Crippen LogP contribution in [-0.2, 0) is 48.2 Å². The molecule has 6 rings (SSSR count). The summed E-state index contributed by atoms with van der Waals surface area (Å²) in [5.41, 5.74) is 8.81. The van der Waals surface area contributed by atoms with Crippen LogP contribution in [0.5, 0.6) is 0 Å². The number of aryl methyl sites for hydroxylation is 1. The Hall–Kier alpha value is -4.73. The molecule has 0 unspecified atom stereocenters. The number of amides is 3. The molecule has 0 radical (unpaired) electrons. The minimum absolute atomic E-state index is 0.116. The largest absolute Gasteiger partial charge is 0.458 e. The van der Waals surface area contributed by atoms with Gasteiger partial charge in [-0.3, -0.25) is 19.2 Å². The van der Waals surface area contributed by atoms with Gasteiger partial charge in [0.25, 0.3) is 5.56 Å². The van der Waals surface area contributed by atoms with E-state index in [-0.39, 0.29) is 50.7 Å². The maximum absolute atomic E-state index is 15.0. The van der Waals surface area contributed by atoms with E-state index in [0.29, 0.717) is 51.8 Å². The van der Waals surface area contributed by atoms with Crippen molar-refractivity contribution in [1.82, 2.24) is 25.5 Å². The van der Waals surface area contributed by atoms with Crippen molar-refractivity contribution in [2.75, 3.05) is 26.4 Å². The Bertz CT molecular complexity index is 1820. The Morgan fingerprint density at radius 2 is 1.95 bits per heavy atom. The van der Waals surface area contributed by atoms with Crippen LogP contribution >= 0.6 is 0 Å². The molecule has 0 saturated heterocycles. The monoisotopic (exact) mass is 608 g/mol. The highest BCUT2D eigenvalue weighted by atomic mass is 19.1. The fraction of sp³-hybridized carbons (Fsp3) is 0.379. The second-order valence-electron chi connectivity index (χ2n) is 10.8. The maximum atomic E-state index is 15.0. The number of aliphatic hydroxyl groups is 1. The average molecular weight is 609 g/mol. The molecular formula is C29H29FN6O8. The highest BCUT2D eigenvalue weighted by Gasteiger charge is 2.37. The van der Waals surface area contributed by atoms with Gasteiger partial charge in [0.2, 0.25) is 17.7 Å². The molecule has 2 aliphatic heterocycles. The van der Waals surface area contributed by atoms with E-state index < -0.39 is 47.2 Å². The van der Waals surface area contributed by atoms with Crippen LogP contribution in [0.3, 0.4) is 0 Å². The SMILES string of the molecule is Cc1c(F)cc2nc3c(c4c2c1CC[C@@H]4NC(=O)COCNC(=O)CNC(=O)CN)Cn1c-3cc2c(c1=O)COC(=O)[C@H]2O. The molecule has 1 aromatic carbocycles. The van der Waals surface area contributed by atoms with Gasteiger partial charge >= 0.3 is 5.97 Å². The number of hydrogen-bond acceptors (Lipinski definition) is 10. The maximum Gasteiger partial charge on any atom is 0.340 e. The second kappa shape index (κ2) is 11.4. The number of cyclic esters (lactones) is 1. The third kappa shape index (κ3) is 4.98. The smallest absolute Gasteiger partial charge is 0.340 e. The molecule has 15 heteroatoms. The quantitative estimate of drug-likeness (QED) is 0.0960. The van der Waals surface area contributed by atoms with Crippen LogP contribution in [0.1, 0.15) is 51.9 Å². The van der Waals surface area contributed by atoms with Crippen molar-refractivity contribution in [1.29, 1.82) is 0 Å². The number of rotatable bonds is 8. The lowest BCUT2D eigenvalue weighted by Crippen LogP contribution is -2.41. The number of ether oxygens (including phenoxy) is 2. The Kier molecular flexibility index (Phi) is 7.61. The first kappa shape index (κ1) is 29.3. The first-order valence-corrected chi connectivity index (χ1v) is 14.0. The van der Waals surface area contributed by atoms with Gasteiger partial charge in [-0.05, 0) is 42.5 Å². The zero-order valence-electron chi connectivity index (χ0n) is 23.6. The van der Waals surface area contributed by atoms with Crippen molar-refractivity contribution in [2.45, 2.75) is 45.1 Å². The molecule has 0 spiro atoms. The van der Waals surface area contributed by atoms with Crippen LogP contribution in [0.4, 0.5) is 4.39 Å². The number of carbonyl (C=O) groups excluding carboxylic acids is 4. The lowest BCUT2D eigenvalue weighted by Gasteiger charge is -2.29. The fourth-order valence-electron chi connectivity index (χ4n) is 6.07. The fourth-order valence-corrected chi connectivity index (χ4v) is 6.07. The van der Waals surface area contributed by atoms with E-state index in [1.165, 1.54) is 10.6 Å². The normalized spacial score (nSPS) is 17.8. The zero-order valence-corrected chi connectivity index (χ0v) is 23.6. The molecular weight excluding hydrogens is 579 g/mol. The Labute approximate surface area is 248 Å². The second-order valence-corrected chi connectivity index (χ2v) is 10.8. The number of nitrogens with two attached hydrogens (primary N) is 1. The number of carbonyl (C=O) groups is 4. The molecule has 4 heterocycles. The molecule has 44 heavy (non-hydrogen) atoms. The van der Waals surface area contributed by atoms with E-state index in [2.05, 4.69) is 16.0 Å². The van der Waals surface area contributed by atoms with Gasteiger partial charge < -0.3 is 40.8 Å². The summed E-state index contributed by atoms with van der Waals surface area (Å²) >= 11 is 0. The number of esters is 1. The van der Waals surface area contributed by atoms with Crippen molar-refractivity contribution in [3.63, 3.8) is 0 Å². The van der Waals surface area contributed by atoms with Crippen LogP contribution < -0.4 is 27.2 Å². The van der Waals surface area contributed by atoms with Crippen molar-refractivity contribution < 1.29 is 38.1 Å². The number of pyridine rings is 2. The van der Waals surface area contributed by atoms with Crippen molar-refractivity contribution in [3.8, 4) is 11.4 Å². The molecule has 6 N–H and O–H groups in total. The number of hydrogen-bond donors (Lipinski definition) is 5. The van der Waals surface area contributed by atoms with Gasteiger partial charge in [0.15, 0.2) is 6.10 Å². The van der Waals surface area contributed by atoms with Crippen molar-refractivity contribution in [3.05, 3.63) is 61.7 Å². The van der Waals surface area contributed by atoms with Gasteiger partial charge in [-0.1, -0.05) is 0 Å². The number of nitrogens with one attached hydrogen (secondary N) is 3. The molecule has 3 aromatic rings. The predicted octanol–water partition coefficient (Wildman–Crippen LogP) is -0.768. The zero-order chi connectivity index (χ0) is 31.3. The highest BCUT2D eigenvalue weighted by molar-refractivity contribution is 5.94. The number of halogens is 1. The molecule has 3 aliphatic rings. The molecule has 2 atom stereocenters. The Balaban J connectivity index is 1.29. The molecule has 0 bridgehead atoms. The summed E-state index contributed by atoms with van der Waals surface area (Å²) in [7, 11) is 0. The van der Waals surface area contributed by atoms with E-state index in [1.54, 1.807) is 13.0 Å². The summed E-state index contributed by atoms with van der Waals surface area (Å²) < 4.78 is 26.8. The van der Waals surface area contributed by atoms with Crippen LogP contribution in [-0.4, -0.2) is 64.8 Å². The number of aliphatic hydroxyl groups excluding tert-OH is 1. The van der Waals surface area contributed by atoms with Crippen LogP contribution in [0.15, 0.2) is 16.9 Å². The first-order chi connectivity index (χ1) is 21.1. The average Bonchev–Trinajstić information content (AvgIpc) is 3.38. The number of benzene rings is 1. The van der Waals surface area contributed by atoms with Crippen LogP contribution in [0, 0.1) is 12.7 Å². The third-order valence-electron chi connectivity index (χ3n) is 8.22. The summed E-state index contributed by atoms with van der Waals surface area (Å²) in [6, 6.07) is 2.35.